The normalized spacial score (nSPS) is 13.3. The molecule has 0 saturated heterocycles. The predicted octanol–water partition coefficient (Wildman–Crippen LogP) is 5.64. The molecule has 0 unspecified atom stereocenters. The summed E-state index contributed by atoms with van der Waals surface area (Å²) >= 11 is 6.10. The van der Waals surface area contributed by atoms with Crippen LogP contribution in [0, 0.1) is 29.6 Å². The van der Waals surface area contributed by atoms with Gasteiger partial charge in [-0.25, -0.2) is 4.99 Å². The van der Waals surface area contributed by atoms with Crippen LogP contribution < -0.4 is 15.6 Å². The summed E-state index contributed by atoms with van der Waals surface area (Å²) < 4.78 is 0. The van der Waals surface area contributed by atoms with Gasteiger partial charge in [-0.3, -0.25) is 19.8 Å². The first-order valence-corrected chi connectivity index (χ1v) is 14.5. The molecular formula is C34H30ClN7O3. The summed E-state index contributed by atoms with van der Waals surface area (Å²) in [6.45, 7) is 2.87. The number of rotatable bonds is 12. The largest absolute Gasteiger partial charge is 0.369 e. The molecule has 0 aliphatic carbocycles. The predicted molar refractivity (Wildman–Crippen MR) is 174 cm³/mol. The van der Waals surface area contributed by atoms with Gasteiger partial charge in [0.15, 0.2) is 5.84 Å². The fraction of sp³-hybridized carbons (Fsp3) is 0.176. The maximum atomic E-state index is 13.5. The molecule has 3 amide bonds. The first-order chi connectivity index (χ1) is 21.8. The number of hydrazine groups is 1. The van der Waals surface area contributed by atoms with Crippen LogP contribution >= 0.6 is 11.6 Å². The molecule has 0 radical (unpaired) electrons. The van der Waals surface area contributed by atoms with Crippen LogP contribution in [-0.4, -0.2) is 41.7 Å². The summed E-state index contributed by atoms with van der Waals surface area (Å²) in [5.41, 5.74) is 6.26. The van der Waals surface area contributed by atoms with Crippen molar-refractivity contribution in [2.75, 3.05) is 23.3 Å². The molecule has 0 saturated carbocycles. The second-order valence-electron chi connectivity index (χ2n) is 9.97. The van der Waals surface area contributed by atoms with E-state index in [1.54, 1.807) is 42.5 Å². The molecule has 0 fully saturated rings. The minimum Gasteiger partial charge on any atom is -0.369 e. The van der Waals surface area contributed by atoms with Crippen molar-refractivity contribution in [3.05, 3.63) is 106 Å². The number of nitriles is 2. The van der Waals surface area contributed by atoms with Gasteiger partial charge in [-0.2, -0.15) is 15.5 Å². The highest BCUT2D eigenvalue weighted by molar-refractivity contribution is 6.33. The van der Waals surface area contributed by atoms with Crippen molar-refractivity contribution in [1.82, 2.24) is 10.4 Å². The number of hydrogen-bond acceptors (Lipinski definition) is 7. The topological polar surface area (TPSA) is 142 Å². The Balaban J connectivity index is 1.56. The third kappa shape index (κ3) is 8.90. The Hall–Kier alpha value is -5.71. The van der Waals surface area contributed by atoms with Gasteiger partial charge in [0.25, 0.3) is 5.91 Å². The van der Waals surface area contributed by atoms with Crippen molar-refractivity contribution in [1.29, 1.82) is 10.5 Å². The third-order valence-corrected chi connectivity index (χ3v) is 7.04. The lowest BCUT2D eigenvalue weighted by atomic mass is 10.1. The van der Waals surface area contributed by atoms with E-state index >= 15 is 0 Å². The van der Waals surface area contributed by atoms with Gasteiger partial charge in [0.05, 0.1) is 35.7 Å². The molecule has 1 aliphatic rings. The number of nitrogens with one attached hydrogen (secondary N) is 2. The standard InChI is InChI=1S/C34H30ClN7O3/c1-24-21-27(41(19-7-17-36)20-8-18-37)15-14-26(24)22-30-34(45)42(31(38-30)16-13-25-9-3-2-4-10-25)40-33(44)23-32(43)39-29-12-6-5-11-28(29)35/h2-6,9-16,21-22H,7-8,19-20,23H2,1H3,(H,39,43)(H,40,44)/b16-13+,30-22-. The van der Waals surface area contributed by atoms with Crippen LogP contribution in [0.25, 0.3) is 12.2 Å². The number of anilines is 2. The van der Waals surface area contributed by atoms with E-state index in [4.69, 9.17) is 22.1 Å². The maximum Gasteiger partial charge on any atom is 0.297 e. The summed E-state index contributed by atoms with van der Waals surface area (Å²) in [6.07, 6.45) is 5.08. The Bertz CT molecular complexity index is 1740. The van der Waals surface area contributed by atoms with Crippen LogP contribution in [-0.2, 0) is 14.4 Å². The summed E-state index contributed by atoms with van der Waals surface area (Å²) in [4.78, 5) is 45.4. The number of halogens is 1. The number of carbonyl (C=O) groups is 3. The number of carbonyl (C=O) groups excluding carboxylic acids is 3. The average molecular weight is 620 g/mol. The number of aliphatic imine (C=N–C) groups is 1. The monoisotopic (exact) mass is 619 g/mol. The Morgan fingerprint density at radius 1 is 0.956 bits per heavy atom. The van der Waals surface area contributed by atoms with Gasteiger partial charge in [-0.05, 0) is 60.0 Å². The van der Waals surface area contributed by atoms with E-state index in [-0.39, 0.29) is 11.5 Å². The van der Waals surface area contributed by atoms with Crippen molar-refractivity contribution in [2.45, 2.75) is 26.2 Å². The SMILES string of the molecule is Cc1cc(N(CCC#N)CCC#N)ccc1/C=C1N=C(/C=C/c2ccccc2)N(NC(=O)CC(=O)Nc2ccccc2Cl)C\1=O. The second-order valence-corrected chi connectivity index (χ2v) is 10.4. The highest BCUT2D eigenvalue weighted by Gasteiger charge is 2.31. The molecule has 3 aromatic rings. The van der Waals surface area contributed by atoms with Crippen molar-refractivity contribution in [3.63, 3.8) is 0 Å². The van der Waals surface area contributed by atoms with E-state index in [1.165, 1.54) is 0 Å². The van der Waals surface area contributed by atoms with Crippen LogP contribution in [0.3, 0.4) is 0 Å². The molecule has 11 heteroatoms. The first-order valence-electron chi connectivity index (χ1n) is 14.1. The molecular weight excluding hydrogens is 590 g/mol. The quantitative estimate of drug-likeness (QED) is 0.199. The number of aryl methyl sites for hydroxylation is 1. The smallest absolute Gasteiger partial charge is 0.297 e. The van der Waals surface area contributed by atoms with Gasteiger partial charge in [0, 0.05) is 18.8 Å². The van der Waals surface area contributed by atoms with Crippen LogP contribution in [0.15, 0.2) is 89.6 Å². The Labute approximate surface area is 266 Å². The summed E-state index contributed by atoms with van der Waals surface area (Å²) in [5.74, 6) is -1.72. The van der Waals surface area contributed by atoms with Gasteiger partial charge in [0.2, 0.25) is 11.8 Å². The van der Waals surface area contributed by atoms with Gasteiger partial charge in [0.1, 0.15) is 12.1 Å². The summed E-state index contributed by atoms with van der Waals surface area (Å²) in [5, 5.41) is 22.0. The molecule has 0 aromatic heterocycles. The Kier molecular flexibility index (Phi) is 11.2. The lowest BCUT2D eigenvalue weighted by molar-refractivity contribution is -0.135. The van der Waals surface area contributed by atoms with E-state index < -0.39 is 24.1 Å². The van der Waals surface area contributed by atoms with Gasteiger partial charge in [-0.15, -0.1) is 0 Å². The first kappa shape index (κ1) is 32.2. The van der Waals surface area contributed by atoms with Crippen LogP contribution in [0.2, 0.25) is 5.02 Å². The third-order valence-electron chi connectivity index (χ3n) is 6.71. The molecule has 0 spiro atoms. The minimum absolute atomic E-state index is 0.0881. The number of para-hydroxylation sites is 1. The molecule has 0 atom stereocenters. The second kappa shape index (κ2) is 15.7. The maximum absolute atomic E-state index is 13.5. The van der Waals surface area contributed by atoms with Gasteiger partial charge < -0.3 is 10.2 Å². The lowest BCUT2D eigenvalue weighted by Gasteiger charge is -2.23. The minimum atomic E-state index is -0.717. The van der Waals surface area contributed by atoms with Gasteiger partial charge >= 0.3 is 0 Å². The van der Waals surface area contributed by atoms with E-state index in [2.05, 4.69) is 27.9 Å². The lowest BCUT2D eigenvalue weighted by Crippen LogP contribution is -2.47. The van der Waals surface area contributed by atoms with Crippen LogP contribution in [0.4, 0.5) is 11.4 Å². The van der Waals surface area contributed by atoms with Gasteiger partial charge in [-0.1, -0.05) is 66.2 Å². The highest BCUT2D eigenvalue weighted by Crippen LogP contribution is 2.25. The fourth-order valence-corrected chi connectivity index (χ4v) is 4.64. The molecule has 1 aliphatic heterocycles. The number of amides is 3. The van der Waals surface area contributed by atoms with Crippen molar-refractivity contribution < 1.29 is 14.4 Å². The zero-order chi connectivity index (χ0) is 32.2. The van der Waals surface area contributed by atoms with Crippen molar-refractivity contribution in [3.8, 4) is 12.1 Å². The number of amidine groups is 1. The van der Waals surface area contributed by atoms with Crippen molar-refractivity contribution >= 4 is 58.7 Å². The zero-order valence-electron chi connectivity index (χ0n) is 24.5. The molecule has 0 bridgehead atoms. The average Bonchev–Trinajstić information content (AvgIpc) is 3.31. The molecule has 2 N–H and O–H groups in total. The molecule has 10 nitrogen and oxygen atoms in total. The zero-order valence-corrected chi connectivity index (χ0v) is 25.3. The fourth-order valence-electron chi connectivity index (χ4n) is 4.46. The van der Waals surface area contributed by atoms with E-state index in [0.29, 0.717) is 36.6 Å². The highest BCUT2D eigenvalue weighted by atomic mass is 35.5. The number of benzene rings is 3. The number of hydrogen-bond donors (Lipinski definition) is 2. The molecule has 1 heterocycles. The summed E-state index contributed by atoms with van der Waals surface area (Å²) in [6, 6.07) is 26.0. The summed E-state index contributed by atoms with van der Waals surface area (Å²) in [7, 11) is 0. The van der Waals surface area contributed by atoms with E-state index in [0.717, 1.165) is 27.4 Å². The molecule has 4 rings (SSSR count). The number of nitrogens with zero attached hydrogens (tertiary/aromatic N) is 5. The van der Waals surface area contributed by atoms with E-state index in [9.17, 15) is 14.4 Å². The Morgan fingerprint density at radius 2 is 1.64 bits per heavy atom. The Morgan fingerprint density at radius 3 is 2.31 bits per heavy atom. The van der Waals surface area contributed by atoms with Crippen LogP contribution in [0.5, 0.6) is 0 Å². The van der Waals surface area contributed by atoms with E-state index in [1.807, 2.05) is 60.4 Å². The van der Waals surface area contributed by atoms with Crippen LogP contribution in [0.1, 0.15) is 36.0 Å². The molecule has 3 aromatic carbocycles. The van der Waals surface area contributed by atoms with Crippen molar-refractivity contribution in [2.24, 2.45) is 4.99 Å². The molecule has 226 valence electrons. The molecule has 45 heavy (non-hydrogen) atoms.